The molecule has 1 aromatic carbocycles. The van der Waals surface area contributed by atoms with Crippen LogP contribution in [0.2, 0.25) is 0 Å². The van der Waals surface area contributed by atoms with Gasteiger partial charge in [-0.3, -0.25) is 4.90 Å². The molecular weight excluding hydrogens is 321 g/mol. The summed E-state index contributed by atoms with van der Waals surface area (Å²) in [7, 11) is 0. The van der Waals surface area contributed by atoms with Crippen LogP contribution in [-0.2, 0) is 16.0 Å². The molecule has 0 spiro atoms. The van der Waals surface area contributed by atoms with Gasteiger partial charge in [-0.2, -0.15) is 0 Å². The van der Waals surface area contributed by atoms with E-state index in [1.165, 1.54) is 12.8 Å². The molecular formula is C19H28FN3O2. The van der Waals surface area contributed by atoms with E-state index in [-0.39, 0.29) is 11.9 Å². The number of benzene rings is 1. The van der Waals surface area contributed by atoms with Crippen LogP contribution < -0.4 is 10.2 Å². The molecule has 1 aromatic rings. The SMILES string of the molecule is Fc1cc(CNCC2CN(C3CC3)CCO2)ccc1N1CCOCC1. The second-order valence-electron chi connectivity index (χ2n) is 7.23. The topological polar surface area (TPSA) is 37.0 Å². The number of hydrogen-bond donors (Lipinski definition) is 1. The lowest BCUT2D eigenvalue weighted by atomic mass is 10.1. The Morgan fingerprint density at radius 2 is 1.96 bits per heavy atom. The molecule has 0 amide bonds. The number of morpholine rings is 2. The molecule has 1 atom stereocenters. The highest BCUT2D eigenvalue weighted by molar-refractivity contribution is 5.49. The van der Waals surface area contributed by atoms with E-state index in [0.29, 0.717) is 25.4 Å². The molecule has 0 aromatic heterocycles. The van der Waals surface area contributed by atoms with Crippen molar-refractivity contribution in [2.45, 2.75) is 31.5 Å². The number of halogens is 1. The van der Waals surface area contributed by atoms with Crippen molar-refractivity contribution in [3.8, 4) is 0 Å². The van der Waals surface area contributed by atoms with Gasteiger partial charge in [0.2, 0.25) is 0 Å². The monoisotopic (exact) mass is 349 g/mol. The van der Waals surface area contributed by atoms with Gasteiger partial charge in [0.25, 0.3) is 0 Å². The minimum Gasteiger partial charge on any atom is -0.378 e. The highest BCUT2D eigenvalue weighted by Crippen LogP contribution is 2.28. The summed E-state index contributed by atoms with van der Waals surface area (Å²) < 4.78 is 25.6. The van der Waals surface area contributed by atoms with Crippen LogP contribution in [0.15, 0.2) is 18.2 Å². The third kappa shape index (κ3) is 4.50. The smallest absolute Gasteiger partial charge is 0.146 e. The van der Waals surface area contributed by atoms with Crippen molar-refractivity contribution in [2.24, 2.45) is 0 Å². The van der Waals surface area contributed by atoms with Crippen LogP contribution >= 0.6 is 0 Å². The van der Waals surface area contributed by atoms with E-state index in [1.54, 1.807) is 6.07 Å². The molecule has 2 saturated heterocycles. The summed E-state index contributed by atoms with van der Waals surface area (Å²) in [6, 6.07) is 6.35. The Balaban J connectivity index is 1.25. The van der Waals surface area contributed by atoms with Crippen LogP contribution in [0.4, 0.5) is 10.1 Å². The first-order valence-corrected chi connectivity index (χ1v) is 9.47. The molecule has 3 fully saturated rings. The van der Waals surface area contributed by atoms with Gasteiger partial charge >= 0.3 is 0 Å². The van der Waals surface area contributed by atoms with Gasteiger partial charge in [-0.05, 0) is 30.5 Å². The molecule has 138 valence electrons. The number of rotatable bonds is 6. The lowest BCUT2D eigenvalue weighted by Crippen LogP contribution is -2.47. The Morgan fingerprint density at radius 1 is 1.12 bits per heavy atom. The van der Waals surface area contributed by atoms with Crippen LogP contribution in [0.1, 0.15) is 18.4 Å². The highest BCUT2D eigenvalue weighted by Gasteiger charge is 2.32. The average Bonchev–Trinajstić information content (AvgIpc) is 3.48. The molecule has 1 N–H and O–H groups in total. The fourth-order valence-corrected chi connectivity index (χ4v) is 3.74. The largest absolute Gasteiger partial charge is 0.378 e. The molecule has 0 radical (unpaired) electrons. The maximum absolute atomic E-state index is 14.4. The first-order valence-electron chi connectivity index (χ1n) is 9.47. The summed E-state index contributed by atoms with van der Waals surface area (Å²) in [5.41, 5.74) is 1.66. The molecule has 0 bridgehead atoms. The Bertz CT molecular complexity index is 576. The van der Waals surface area contributed by atoms with Gasteiger partial charge in [0, 0.05) is 45.3 Å². The van der Waals surface area contributed by atoms with Gasteiger partial charge in [0.1, 0.15) is 5.82 Å². The summed E-state index contributed by atoms with van der Waals surface area (Å²) in [5, 5.41) is 3.43. The maximum atomic E-state index is 14.4. The zero-order valence-corrected chi connectivity index (χ0v) is 14.8. The summed E-state index contributed by atoms with van der Waals surface area (Å²) >= 11 is 0. The Hall–Kier alpha value is -1.21. The first-order chi connectivity index (χ1) is 12.3. The molecule has 6 heteroatoms. The Kier molecular flexibility index (Phi) is 5.51. The fourth-order valence-electron chi connectivity index (χ4n) is 3.74. The van der Waals surface area contributed by atoms with Crippen molar-refractivity contribution in [2.75, 3.05) is 57.4 Å². The fraction of sp³-hybridized carbons (Fsp3) is 0.684. The van der Waals surface area contributed by atoms with E-state index in [0.717, 1.165) is 50.9 Å². The summed E-state index contributed by atoms with van der Waals surface area (Å²) in [5.74, 6) is -0.143. The van der Waals surface area contributed by atoms with Gasteiger partial charge in [0.05, 0.1) is 31.6 Å². The van der Waals surface area contributed by atoms with Crippen molar-refractivity contribution < 1.29 is 13.9 Å². The minimum absolute atomic E-state index is 0.143. The standard InChI is InChI=1S/C19H28FN3O2/c20-18-11-15(1-4-19(18)22-5-8-24-9-6-22)12-21-13-17-14-23(7-10-25-17)16-2-3-16/h1,4,11,16-17,21H,2-3,5-10,12-14H2. The maximum Gasteiger partial charge on any atom is 0.146 e. The van der Waals surface area contributed by atoms with Crippen molar-refractivity contribution in [1.82, 2.24) is 10.2 Å². The van der Waals surface area contributed by atoms with E-state index in [9.17, 15) is 4.39 Å². The third-order valence-corrected chi connectivity index (χ3v) is 5.30. The molecule has 5 nitrogen and oxygen atoms in total. The van der Waals surface area contributed by atoms with E-state index >= 15 is 0 Å². The molecule has 1 unspecified atom stereocenters. The highest BCUT2D eigenvalue weighted by atomic mass is 19.1. The van der Waals surface area contributed by atoms with E-state index < -0.39 is 0 Å². The number of anilines is 1. The lowest BCUT2D eigenvalue weighted by molar-refractivity contribution is -0.0301. The van der Waals surface area contributed by atoms with Crippen molar-refractivity contribution in [3.05, 3.63) is 29.6 Å². The van der Waals surface area contributed by atoms with E-state index in [1.807, 2.05) is 12.1 Å². The van der Waals surface area contributed by atoms with E-state index in [4.69, 9.17) is 9.47 Å². The minimum atomic E-state index is -0.143. The predicted molar refractivity (Wildman–Crippen MR) is 95.5 cm³/mol. The van der Waals surface area contributed by atoms with Crippen LogP contribution in [0.5, 0.6) is 0 Å². The average molecular weight is 349 g/mol. The van der Waals surface area contributed by atoms with Gasteiger partial charge in [-0.1, -0.05) is 6.07 Å². The third-order valence-electron chi connectivity index (χ3n) is 5.30. The number of nitrogens with zero attached hydrogens (tertiary/aromatic N) is 2. The summed E-state index contributed by atoms with van der Waals surface area (Å²) in [6.45, 7) is 7.24. The molecule has 4 rings (SSSR count). The van der Waals surface area contributed by atoms with Gasteiger partial charge in [-0.15, -0.1) is 0 Å². The number of nitrogens with one attached hydrogen (secondary N) is 1. The molecule has 2 aliphatic heterocycles. The molecule has 3 aliphatic rings. The second kappa shape index (κ2) is 7.99. The predicted octanol–water partition coefficient (Wildman–Crippen LogP) is 1.62. The second-order valence-corrected chi connectivity index (χ2v) is 7.23. The molecule has 1 saturated carbocycles. The number of ether oxygens (including phenoxy) is 2. The van der Waals surface area contributed by atoms with Crippen molar-refractivity contribution >= 4 is 5.69 Å². The van der Waals surface area contributed by atoms with Crippen molar-refractivity contribution in [1.29, 1.82) is 0 Å². The van der Waals surface area contributed by atoms with Crippen LogP contribution in [0, 0.1) is 5.82 Å². The normalized spacial score (nSPS) is 25.3. The molecule has 2 heterocycles. The van der Waals surface area contributed by atoms with Gasteiger partial charge in [0.15, 0.2) is 0 Å². The Morgan fingerprint density at radius 3 is 2.72 bits per heavy atom. The number of hydrogen-bond acceptors (Lipinski definition) is 5. The lowest BCUT2D eigenvalue weighted by Gasteiger charge is -2.33. The quantitative estimate of drug-likeness (QED) is 0.845. The summed E-state index contributed by atoms with van der Waals surface area (Å²) in [6.07, 6.45) is 2.93. The zero-order chi connectivity index (χ0) is 17.1. The molecule has 25 heavy (non-hydrogen) atoms. The Labute approximate surface area is 149 Å². The van der Waals surface area contributed by atoms with Gasteiger partial charge < -0.3 is 19.7 Å². The van der Waals surface area contributed by atoms with Gasteiger partial charge in [-0.25, -0.2) is 4.39 Å². The molecule has 1 aliphatic carbocycles. The van der Waals surface area contributed by atoms with E-state index in [2.05, 4.69) is 15.1 Å². The van der Waals surface area contributed by atoms with Crippen molar-refractivity contribution in [3.63, 3.8) is 0 Å². The zero-order valence-electron chi connectivity index (χ0n) is 14.8. The van der Waals surface area contributed by atoms with Crippen LogP contribution in [0.25, 0.3) is 0 Å². The first kappa shape index (κ1) is 17.2. The summed E-state index contributed by atoms with van der Waals surface area (Å²) in [4.78, 5) is 4.60. The van der Waals surface area contributed by atoms with Crippen LogP contribution in [0.3, 0.4) is 0 Å². The van der Waals surface area contributed by atoms with Crippen LogP contribution in [-0.4, -0.2) is 69.6 Å².